The van der Waals surface area contributed by atoms with Gasteiger partial charge in [-0.25, -0.2) is 10.4 Å². The number of carbonyl (C=O) groups excluding carboxylic acids is 1. The third kappa shape index (κ3) is 6.99. The van der Waals surface area contributed by atoms with Gasteiger partial charge in [-0.2, -0.15) is 5.10 Å². The first-order chi connectivity index (χ1) is 21.0. The molecule has 0 spiro atoms. The number of aryl methyl sites for hydroxylation is 1. The van der Waals surface area contributed by atoms with Crippen LogP contribution in [0.25, 0.3) is 22.0 Å². The Labute approximate surface area is 262 Å². The number of ether oxygens (including phenoxy) is 1. The molecular weight excluding hydrogens is 620 g/mol. The number of aromatic nitrogens is 1. The summed E-state index contributed by atoms with van der Waals surface area (Å²) < 4.78 is 7.20. The average molecular weight is 648 g/mol. The highest BCUT2D eigenvalue weighted by atomic mass is 79.9. The van der Waals surface area contributed by atoms with E-state index in [1.54, 1.807) is 18.3 Å². The molecule has 0 aliphatic rings. The highest BCUT2D eigenvalue weighted by Crippen LogP contribution is 2.29. The van der Waals surface area contributed by atoms with Gasteiger partial charge >= 0.3 is 0 Å². The van der Waals surface area contributed by atoms with E-state index >= 15 is 0 Å². The van der Waals surface area contributed by atoms with Crippen LogP contribution in [0.2, 0.25) is 0 Å². The van der Waals surface area contributed by atoms with Crippen molar-refractivity contribution in [1.29, 1.82) is 0 Å². The molecule has 6 aromatic rings. The van der Waals surface area contributed by atoms with Crippen molar-refractivity contribution in [2.75, 3.05) is 5.32 Å². The van der Waals surface area contributed by atoms with Crippen LogP contribution >= 0.6 is 27.3 Å². The number of carbonyl (C=O) groups is 1. The van der Waals surface area contributed by atoms with E-state index < -0.39 is 0 Å². The van der Waals surface area contributed by atoms with Gasteiger partial charge in [-0.05, 0) is 65.7 Å². The minimum absolute atomic E-state index is 0.305. The third-order valence-corrected chi connectivity index (χ3v) is 8.13. The second-order valence-electron chi connectivity index (χ2n) is 9.92. The van der Waals surface area contributed by atoms with E-state index in [1.165, 1.54) is 16.9 Å². The summed E-state index contributed by atoms with van der Waals surface area (Å²) in [4.78, 5) is 17.6. The number of nitrogens with one attached hydrogen (secondary N) is 2. The van der Waals surface area contributed by atoms with Gasteiger partial charge in [-0.15, -0.1) is 11.3 Å². The lowest BCUT2D eigenvalue weighted by Gasteiger charge is -2.12. The first kappa shape index (κ1) is 28.3. The topological polar surface area (TPSA) is 75.6 Å². The molecule has 0 fully saturated rings. The molecule has 1 amide bonds. The maximum atomic E-state index is 12.9. The molecule has 5 aromatic carbocycles. The van der Waals surface area contributed by atoms with Crippen LogP contribution in [0.3, 0.4) is 0 Å². The van der Waals surface area contributed by atoms with E-state index in [0.29, 0.717) is 17.9 Å². The lowest BCUT2D eigenvalue weighted by Crippen LogP contribution is -2.17. The summed E-state index contributed by atoms with van der Waals surface area (Å²) in [6.07, 6.45) is 1.64. The summed E-state index contributed by atoms with van der Waals surface area (Å²) >= 11 is 5.00. The van der Waals surface area contributed by atoms with E-state index in [9.17, 15) is 4.79 Å². The van der Waals surface area contributed by atoms with Gasteiger partial charge in [-0.1, -0.05) is 88.2 Å². The first-order valence-corrected chi connectivity index (χ1v) is 15.3. The number of hydrogen-bond donors (Lipinski definition) is 2. The van der Waals surface area contributed by atoms with Gasteiger partial charge < -0.3 is 10.1 Å². The second-order valence-corrected chi connectivity index (χ2v) is 11.7. The van der Waals surface area contributed by atoms with Crippen LogP contribution in [0.1, 0.15) is 27.0 Å². The van der Waals surface area contributed by atoms with Crippen molar-refractivity contribution < 1.29 is 9.53 Å². The number of fused-ring (bicyclic) bond motifs is 1. The minimum atomic E-state index is -0.305. The van der Waals surface area contributed by atoms with E-state index in [-0.39, 0.29) is 5.91 Å². The number of rotatable bonds is 9. The van der Waals surface area contributed by atoms with E-state index in [1.807, 2.05) is 90.3 Å². The van der Waals surface area contributed by atoms with Gasteiger partial charge in [0.15, 0.2) is 5.13 Å². The van der Waals surface area contributed by atoms with Gasteiger partial charge in [0, 0.05) is 32.2 Å². The van der Waals surface area contributed by atoms with Crippen LogP contribution in [0.5, 0.6) is 5.75 Å². The molecular formula is C35H27BrN4O2S. The molecule has 0 aliphatic carbocycles. The number of hydrazone groups is 1. The van der Waals surface area contributed by atoms with Crippen molar-refractivity contribution in [3.63, 3.8) is 0 Å². The summed E-state index contributed by atoms with van der Waals surface area (Å²) in [5.74, 6) is 0.379. The fourth-order valence-corrected chi connectivity index (χ4v) is 5.52. The Morgan fingerprint density at radius 2 is 1.70 bits per heavy atom. The fourth-order valence-electron chi connectivity index (χ4n) is 4.51. The number of amides is 1. The van der Waals surface area contributed by atoms with Crippen LogP contribution in [-0.2, 0) is 6.61 Å². The molecule has 0 aliphatic heterocycles. The van der Waals surface area contributed by atoms with Crippen molar-refractivity contribution in [1.82, 2.24) is 10.4 Å². The second kappa shape index (κ2) is 13.0. The maximum absolute atomic E-state index is 12.9. The largest absolute Gasteiger partial charge is 0.488 e. The molecule has 6 rings (SSSR count). The van der Waals surface area contributed by atoms with Crippen molar-refractivity contribution in [2.45, 2.75) is 13.5 Å². The molecule has 212 valence electrons. The first-order valence-electron chi connectivity index (χ1n) is 13.6. The Morgan fingerprint density at radius 3 is 2.49 bits per heavy atom. The summed E-state index contributed by atoms with van der Waals surface area (Å²) in [5, 5.41) is 12.5. The number of thiazole rings is 1. The van der Waals surface area contributed by atoms with E-state index in [4.69, 9.17) is 9.72 Å². The summed E-state index contributed by atoms with van der Waals surface area (Å²) in [5.41, 5.74) is 8.97. The third-order valence-electron chi connectivity index (χ3n) is 6.85. The smallest absolute Gasteiger partial charge is 0.271 e. The highest BCUT2D eigenvalue weighted by molar-refractivity contribution is 9.10. The van der Waals surface area contributed by atoms with Gasteiger partial charge in [-0.3, -0.25) is 4.79 Å². The Hall–Kier alpha value is -4.79. The lowest BCUT2D eigenvalue weighted by molar-refractivity contribution is 0.0955. The zero-order chi connectivity index (χ0) is 29.6. The van der Waals surface area contributed by atoms with Crippen LogP contribution < -0.4 is 15.5 Å². The molecule has 2 N–H and O–H groups in total. The SMILES string of the molecule is Cc1ccc(Nc2nc(-c3ccc(C(=O)N/N=C\c4c(OCc5ccc(Br)cc5)ccc5ccccc45)cc3)cs2)cc1. The number of anilines is 2. The van der Waals surface area contributed by atoms with Gasteiger partial charge in [0.2, 0.25) is 0 Å². The Morgan fingerprint density at radius 1 is 0.930 bits per heavy atom. The normalized spacial score (nSPS) is 11.1. The molecule has 0 saturated carbocycles. The van der Waals surface area contributed by atoms with Crippen molar-refractivity contribution >= 4 is 61.0 Å². The van der Waals surface area contributed by atoms with E-state index in [2.05, 4.69) is 50.8 Å². The molecule has 0 atom stereocenters. The van der Waals surface area contributed by atoms with Crippen molar-refractivity contribution in [3.8, 4) is 17.0 Å². The predicted molar refractivity (Wildman–Crippen MR) is 179 cm³/mol. The summed E-state index contributed by atoms with van der Waals surface area (Å²) in [6, 6.07) is 35.5. The molecule has 0 unspecified atom stereocenters. The number of hydrogen-bond acceptors (Lipinski definition) is 6. The summed E-state index contributed by atoms with van der Waals surface area (Å²) in [6.45, 7) is 2.47. The average Bonchev–Trinajstić information content (AvgIpc) is 3.51. The number of nitrogens with zero attached hydrogens (tertiary/aromatic N) is 2. The van der Waals surface area contributed by atoms with Crippen molar-refractivity contribution in [3.05, 3.63) is 141 Å². The molecule has 0 radical (unpaired) electrons. The van der Waals surface area contributed by atoms with Gasteiger partial charge in [0.25, 0.3) is 5.91 Å². The zero-order valence-corrected chi connectivity index (χ0v) is 25.7. The Bertz CT molecular complexity index is 1900. The molecule has 6 nitrogen and oxygen atoms in total. The molecule has 0 bridgehead atoms. The van der Waals surface area contributed by atoms with Crippen molar-refractivity contribution in [2.24, 2.45) is 5.10 Å². The Balaban J connectivity index is 1.13. The van der Waals surface area contributed by atoms with E-state index in [0.717, 1.165) is 48.4 Å². The molecule has 1 aromatic heterocycles. The van der Waals surface area contributed by atoms with Gasteiger partial charge in [0.1, 0.15) is 12.4 Å². The highest BCUT2D eigenvalue weighted by Gasteiger charge is 2.10. The maximum Gasteiger partial charge on any atom is 0.271 e. The van der Waals surface area contributed by atoms with Gasteiger partial charge in [0.05, 0.1) is 11.9 Å². The Kier molecular flexibility index (Phi) is 8.58. The van der Waals surface area contributed by atoms with Crippen LogP contribution in [0.4, 0.5) is 10.8 Å². The lowest BCUT2D eigenvalue weighted by atomic mass is 10.0. The quantitative estimate of drug-likeness (QED) is 0.121. The van der Waals surface area contributed by atoms with Crippen LogP contribution in [0.15, 0.2) is 124 Å². The number of halogens is 1. The van der Waals surface area contributed by atoms with Crippen LogP contribution in [0, 0.1) is 6.92 Å². The standard InChI is InChI=1S/C35H27BrN4O2S/c1-23-6-17-29(18-7-23)38-35-39-32(22-43-35)26-10-12-27(13-11-26)34(41)40-37-20-31-30-5-3-2-4-25(30)14-19-33(31)42-21-24-8-15-28(36)16-9-24/h2-20,22H,21H2,1H3,(H,38,39)(H,40,41)/b37-20-. The van der Waals surface area contributed by atoms with Crippen LogP contribution in [-0.4, -0.2) is 17.1 Å². The molecule has 1 heterocycles. The number of benzene rings is 5. The summed E-state index contributed by atoms with van der Waals surface area (Å²) in [7, 11) is 0. The molecule has 0 saturated heterocycles. The molecule has 8 heteroatoms. The fraction of sp³-hybridized carbons (Fsp3) is 0.0571. The minimum Gasteiger partial charge on any atom is -0.488 e. The zero-order valence-electron chi connectivity index (χ0n) is 23.3. The predicted octanol–water partition coefficient (Wildman–Crippen LogP) is 9.12. The monoisotopic (exact) mass is 646 g/mol. The molecule has 43 heavy (non-hydrogen) atoms.